The molecule has 0 unspecified atom stereocenters. The Morgan fingerprint density at radius 1 is 1.03 bits per heavy atom. The molecule has 0 bridgehead atoms. The number of nitrogens with zero attached hydrogens (tertiary/aromatic N) is 3. The normalized spacial score (nSPS) is 16.5. The van der Waals surface area contributed by atoms with Crippen LogP contribution in [0.4, 0.5) is 4.39 Å². The van der Waals surface area contributed by atoms with E-state index in [1.165, 1.54) is 12.1 Å². The molecule has 2 heterocycles. The Labute approximate surface area is 185 Å². The van der Waals surface area contributed by atoms with Crippen molar-refractivity contribution < 1.29 is 19.0 Å². The minimum atomic E-state index is -0.541. The molecule has 1 atom stereocenters. The number of benzene rings is 2. The van der Waals surface area contributed by atoms with Crippen LogP contribution in [0.25, 0.3) is 10.2 Å². The molecule has 6 nitrogen and oxygen atoms in total. The summed E-state index contributed by atoms with van der Waals surface area (Å²) < 4.78 is 25.5. The van der Waals surface area contributed by atoms with Gasteiger partial charge < -0.3 is 14.6 Å². The molecule has 31 heavy (non-hydrogen) atoms. The maximum absolute atomic E-state index is 12.9. The van der Waals surface area contributed by atoms with Gasteiger partial charge in [-0.2, -0.15) is 0 Å². The zero-order valence-electron chi connectivity index (χ0n) is 17.7. The Morgan fingerprint density at radius 3 is 2.52 bits per heavy atom. The van der Waals surface area contributed by atoms with Gasteiger partial charge in [0.05, 0.1) is 15.2 Å². The summed E-state index contributed by atoms with van der Waals surface area (Å²) in [5.74, 6) is 1.17. The largest absolute Gasteiger partial charge is 0.492 e. The molecule has 8 heteroatoms. The molecule has 1 aliphatic heterocycles. The number of hydrogen-bond acceptors (Lipinski definition) is 7. The van der Waals surface area contributed by atoms with Crippen molar-refractivity contribution in [3.63, 3.8) is 0 Å². The number of aromatic nitrogens is 1. The summed E-state index contributed by atoms with van der Waals surface area (Å²) in [7, 11) is 0. The van der Waals surface area contributed by atoms with Crippen LogP contribution in [0.15, 0.2) is 42.5 Å². The van der Waals surface area contributed by atoms with Gasteiger partial charge in [-0.05, 0) is 43.3 Å². The number of β-amino-alcohol motifs (C(OH)–C–C–N with tert-alkyl or cyclic N) is 1. The van der Waals surface area contributed by atoms with Crippen LogP contribution >= 0.6 is 11.3 Å². The first kappa shape index (κ1) is 22.0. The number of aliphatic hydroxyl groups is 1. The fourth-order valence-corrected chi connectivity index (χ4v) is 4.48. The number of rotatable bonds is 9. The highest BCUT2D eigenvalue weighted by Gasteiger charge is 2.19. The SMILES string of the molecule is Cc1nc2cc(OC[C@H](O)CN3CCN(CCOc4ccc(F)cc4)CC3)ccc2s1. The molecule has 1 fully saturated rings. The molecule has 1 saturated heterocycles. The molecular weight excluding hydrogens is 417 g/mol. The van der Waals surface area contributed by atoms with Gasteiger partial charge in [-0.3, -0.25) is 9.80 Å². The van der Waals surface area contributed by atoms with E-state index in [0.29, 0.717) is 18.9 Å². The van der Waals surface area contributed by atoms with E-state index in [4.69, 9.17) is 9.47 Å². The third kappa shape index (κ3) is 6.36. The van der Waals surface area contributed by atoms with Crippen LogP contribution < -0.4 is 9.47 Å². The maximum atomic E-state index is 12.9. The van der Waals surface area contributed by atoms with Crippen molar-refractivity contribution >= 4 is 21.6 Å². The van der Waals surface area contributed by atoms with Gasteiger partial charge in [-0.15, -0.1) is 11.3 Å². The van der Waals surface area contributed by atoms with E-state index in [1.807, 2.05) is 25.1 Å². The summed E-state index contributed by atoms with van der Waals surface area (Å²) in [6.07, 6.45) is -0.541. The molecule has 2 aromatic carbocycles. The molecule has 0 aliphatic carbocycles. The van der Waals surface area contributed by atoms with Crippen molar-refractivity contribution in [3.8, 4) is 11.5 Å². The number of halogens is 1. The topological polar surface area (TPSA) is 58.1 Å². The third-order valence-electron chi connectivity index (χ3n) is 5.33. The van der Waals surface area contributed by atoms with Crippen LogP contribution in [0.2, 0.25) is 0 Å². The average Bonchev–Trinajstić information content (AvgIpc) is 3.14. The molecule has 0 amide bonds. The van der Waals surface area contributed by atoms with E-state index in [1.54, 1.807) is 23.5 Å². The van der Waals surface area contributed by atoms with Crippen LogP contribution in [0.5, 0.6) is 11.5 Å². The smallest absolute Gasteiger partial charge is 0.123 e. The third-order valence-corrected chi connectivity index (χ3v) is 6.28. The van der Waals surface area contributed by atoms with E-state index in [-0.39, 0.29) is 12.4 Å². The Bertz CT molecular complexity index is 974. The highest BCUT2D eigenvalue weighted by molar-refractivity contribution is 7.18. The van der Waals surface area contributed by atoms with Crippen LogP contribution in [-0.2, 0) is 0 Å². The Morgan fingerprint density at radius 2 is 1.74 bits per heavy atom. The number of aliphatic hydroxyl groups excluding tert-OH is 1. The molecule has 1 N–H and O–H groups in total. The standard InChI is InChI=1S/C23H28FN3O3S/c1-17-25-22-14-21(6-7-23(22)31-17)30-16-19(28)15-27-10-8-26(9-11-27)12-13-29-20-4-2-18(24)3-5-20/h2-7,14,19,28H,8-13,15-16H2,1H3/t19-/m1/s1. The first-order valence-electron chi connectivity index (χ1n) is 10.6. The lowest BCUT2D eigenvalue weighted by Crippen LogP contribution is -2.50. The monoisotopic (exact) mass is 445 g/mol. The van der Waals surface area contributed by atoms with Crippen LogP contribution in [-0.4, -0.2) is 78.5 Å². The number of ether oxygens (including phenoxy) is 2. The first-order valence-corrected chi connectivity index (χ1v) is 11.4. The average molecular weight is 446 g/mol. The first-order chi connectivity index (χ1) is 15.0. The van der Waals surface area contributed by atoms with Crippen LogP contribution in [0.3, 0.4) is 0 Å². The number of fused-ring (bicyclic) bond motifs is 1. The lowest BCUT2D eigenvalue weighted by atomic mass is 10.2. The minimum Gasteiger partial charge on any atom is -0.492 e. The molecule has 3 aromatic rings. The Kier molecular flexibility index (Phi) is 7.34. The van der Waals surface area contributed by atoms with E-state index in [2.05, 4.69) is 14.8 Å². The summed E-state index contributed by atoms with van der Waals surface area (Å²) >= 11 is 1.66. The predicted molar refractivity (Wildman–Crippen MR) is 121 cm³/mol. The van der Waals surface area contributed by atoms with Gasteiger partial charge in [0.15, 0.2) is 0 Å². The van der Waals surface area contributed by atoms with Gasteiger partial charge in [0.25, 0.3) is 0 Å². The fraction of sp³-hybridized carbons (Fsp3) is 0.435. The minimum absolute atomic E-state index is 0.258. The maximum Gasteiger partial charge on any atom is 0.123 e. The van der Waals surface area contributed by atoms with Gasteiger partial charge in [0, 0.05) is 45.3 Å². The quantitative estimate of drug-likeness (QED) is 0.546. The van der Waals surface area contributed by atoms with Gasteiger partial charge in [0.2, 0.25) is 0 Å². The Hall–Kier alpha value is -2.26. The number of hydrogen-bond donors (Lipinski definition) is 1. The summed E-state index contributed by atoms with van der Waals surface area (Å²) in [4.78, 5) is 9.09. The number of thiazole rings is 1. The number of piperazine rings is 1. The molecule has 4 rings (SSSR count). The van der Waals surface area contributed by atoms with Gasteiger partial charge >= 0.3 is 0 Å². The predicted octanol–water partition coefficient (Wildman–Crippen LogP) is 3.18. The molecule has 0 saturated carbocycles. The van der Waals surface area contributed by atoms with Crippen LogP contribution in [0.1, 0.15) is 5.01 Å². The summed E-state index contributed by atoms with van der Waals surface area (Å²) in [5.41, 5.74) is 0.939. The lowest BCUT2D eigenvalue weighted by molar-refractivity contribution is 0.0436. The highest BCUT2D eigenvalue weighted by atomic mass is 32.1. The second-order valence-electron chi connectivity index (χ2n) is 7.77. The molecule has 166 valence electrons. The van der Waals surface area contributed by atoms with E-state index >= 15 is 0 Å². The summed E-state index contributed by atoms with van der Waals surface area (Å²) in [6.45, 7) is 7.92. The van der Waals surface area contributed by atoms with E-state index in [0.717, 1.165) is 53.7 Å². The molecule has 1 aliphatic rings. The second kappa shape index (κ2) is 10.4. The lowest BCUT2D eigenvalue weighted by Gasteiger charge is -2.35. The van der Waals surface area contributed by atoms with Crippen molar-refractivity contribution in [2.45, 2.75) is 13.0 Å². The molecule has 0 radical (unpaired) electrons. The van der Waals surface area contributed by atoms with E-state index < -0.39 is 6.10 Å². The zero-order valence-corrected chi connectivity index (χ0v) is 18.5. The van der Waals surface area contributed by atoms with Crippen molar-refractivity contribution in [2.75, 3.05) is 52.5 Å². The molecule has 1 aromatic heterocycles. The van der Waals surface area contributed by atoms with Gasteiger partial charge in [0.1, 0.15) is 36.6 Å². The summed E-state index contributed by atoms with van der Waals surface area (Å²) in [6, 6.07) is 12.0. The van der Waals surface area contributed by atoms with E-state index in [9.17, 15) is 9.50 Å². The van der Waals surface area contributed by atoms with Gasteiger partial charge in [-0.1, -0.05) is 0 Å². The second-order valence-corrected chi connectivity index (χ2v) is 9.01. The zero-order chi connectivity index (χ0) is 21.6. The molecular formula is C23H28FN3O3S. The van der Waals surface area contributed by atoms with Crippen molar-refractivity contribution in [3.05, 3.63) is 53.3 Å². The van der Waals surface area contributed by atoms with Crippen LogP contribution in [0, 0.1) is 12.7 Å². The van der Waals surface area contributed by atoms with Crippen molar-refractivity contribution in [1.29, 1.82) is 0 Å². The summed E-state index contributed by atoms with van der Waals surface area (Å²) in [5, 5.41) is 11.4. The highest BCUT2D eigenvalue weighted by Crippen LogP contribution is 2.25. The van der Waals surface area contributed by atoms with Crippen molar-refractivity contribution in [2.24, 2.45) is 0 Å². The number of aryl methyl sites for hydroxylation is 1. The van der Waals surface area contributed by atoms with Gasteiger partial charge in [-0.25, -0.2) is 9.37 Å². The fourth-order valence-electron chi connectivity index (χ4n) is 3.67. The Balaban J connectivity index is 1.13. The van der Waals surface area contributed by atoms with Crippen molar-refractivity contribution in [1.82, 2.24) is 14.8 Å². The molecule has 0 spiro atoms.